The van der Waals surface area contributed by atoms with Crippen LogP contribution in [0.4, 0.5) is 32.0 Å². The van der Waals surface area contributed by atoms with Gasteiger partial charge in [-0.05, 0) is 53.8 Å². The summed E-state index contributed by atoms with van der Waals surface area (Å²) in [7, 11) is 1.66. The van der Waals surface area contributed by atoms with E-state index in [2.05, 4.69) is 14.9 Å². The van der Waals surface area contributed by atoms with Gasteiger partial charge in [0.1, 0.15) is 12.2 Å². The van der Waals surface area contributed by atoms with Gasteiger partial charge in [0.2, 0.25) is 0 Å². The summed E-state index contributed by atoms with van der Waals surface area (Å²) in [6.07, 6.45) is -9.26. The summed E-state index contributed by atoms with van der Waals surface area (Å²) < 4.78 is 85.6. The molecule has 2 aromatic carbocycles. The molecule has 1 saturated carbocycles. The second kappa shape index (κ2) is 8.55. The third-order valence-corrected chi connectivity index (χ3v) is 6.94. The van der Waals surface area contributed by atoms with Crippen LogP contribution in [0.1, 0.15) is 51.3 Å². The largest absolute Gasteiger partial charge is 0.522 e. The number of amides is 1. The minimum absolute atomic E-state index is 0.0469. The second-order valence-corrected chi connectivity index (χ2v) is 9.25. The van der Waals surface area contributed by atoms with Crippen molar-refractivity contribution in [2.75, 3.05) is 4.90 Å². The number of nitrogens with two attached hydrogens (primary N) is 1. The van der Waals surface area contributed by atoms with Crippen LogP contribution >= 0.6 is 0 Å². The summed E-state index contributed by atoms with van der Waals surface area (Å²) in [5.41, 5.74) is 4.46. The molecule has 1 aromatic heterocycles. The smallest absolute Gasteiger partial charge is 0.326 e. The number of nitrogens with zero attached hydrogens (tertiary/aromatic N) is 4. The third kappa shape index (κ3) is 4.35. The zero-order chi connectivity index (χ0) is 26.8. The van der Waals surface area contributed by atoms with Crippen molar-refractivity contribution >= 4 is 11.6 Å². The molecule has 37 heavy (non-hydrogen) atoms. The quantitative estimate of drug-likeness (QED) is 0.498. The monoisotopic (exact) mass is 525 g/mol. The number of aryl methyl sites for hydroxylation is 1. The fourth-order valence-corrected chi connectivity index (χ4v) is 5.27. The van der Waals surface area contributed by atoms with Crippen LogP contribution in [0.15, 0.2) is 42.7 Å². The van der Waals surface area contributed by atoms with E-state index in [1.54, 1.807) is 35.9 Å². The topological polar surface area (TPSA) is 86.3 Å². The lowest BCUT2D eigenvalue weighted by Crippen LogP contribution is -2.50. The molecule has 7 nitrogen and oxygen atoms in total. The molecule has 0 bridgehead atoms. The average Bonchev–Trinajstić information content (AvgIpc) is 3.37. The number of fused-ring (bicyclic) bond motifs is 1. The van der Waals surface area contributed by atoms with Crippen LogP contribution in [0, 0.1) is 0 Å². The number of benzene rings is 2. The first-order valence-corrected chi connectivity index (χ1v) is 11.3. The summed E-state index contributed by atoms with van der Waals surface area (Å²) in [5, 5.41) is 7.96. The summed E-state index contributed by atoms with van der Waals surface area (Å²) in [6.45, 7) is -0.478. The minimum Gasteiger partial charge on any atom is -0.326 e. The number of ether oxygens (including phenoxy) is 1. The maximum absolute atomic E-state index is 13.8. The van der Waals surface area contributed by atoms with Crippen molar-refractivity contribution < 1.29 is 35.9 Å². The predicted molar refractivity (Wildman–Crippen MR) is 118 cm³/mol. The van der Waals surface area contributed by atoms with Crippen LogP contribution in [0.3, 0.4) is 0 Å². The fourth-order valence-electron chi connectivity index (χ4n) is 5.27. The Hall–Kier alpha value is -3.45. The molecule has 0 saturated heterocycles. The molecule has 2 N–H and O–H groups in total. The molecule has 5 rings (SSSR count). The van der Waals surface area contributed by atoms with E-state index in [1.165, 1.54) is 17.3 Å². The highest BCUT2D eigenvalue weighted by atomic mass is 19.4. The van der Waals surface area contributed by atoms with E-state index >= 15 is 0 Å². The number of hydrogen-bond donors (Lipinski definition) is 1. The first kappa shape index (κ1) is 25.2. The van der Waals surface area contributed by atoms with Gasteiger partial charge in [-0.2, -0.15) is 13.2 Å². The Kier molecular flexibility index (Phi) is 5.83. The first-order valence-electron chi connectivity index (χ1n) is 11.3. The fraction of sp³-hybridized carbons (Fsp3) is 0.375. The van der Waals surface area contributed by atoms with E-state index in [9.17, 15) is 31.1 Å². The summed E-state index contributed by atoms with van der Waals surface area (Å²) >= 11 is 0. The Bertz CT molecular complexity index is 1360. The van der Waals surface area contributed by atoms with E-state index in [-0.39, 0.29) is 42.6 Å². The van der Waals surface area contributed by atoms with Gasteiger partial charge in [0, 0.05) is 24.8 Å². The highest BCUT2D eigenvalue weighted by Gasteiger charge is 2.54. The number of alkyl halides is 6. The molecule has 0 radical (unpaired) electrons. The van der Waals surface area contributed by atoms with Gasteiger partial charge in [0.25, 0.3) is 5.91 Å². The maximum atomic E-state index is 13.8. The molecule has 1 aliphatic carbocycles. The minimum atomic E-state index is -4.80. The number of aromatic nitrogens is 3. The van der Waals surface area contributed by atoms with Crippen LogP contribution in [-0.4, -0.2) is 33.1 Å². The van der Waals surface area contributed by atoms with E-state index < -0.39 is 35.5 Å². The molecule has 1 aliphatic heterocycles. The second-order valence-electron chi connectivity index (χ2n) is 9.25. The van der Waals surface area contributed by atoms with Gasteiger partial charge >= 0.3 is 12.5 Å². The molecule has 2 aliphatic rings. The Balaban J connectivity index is 1.52. The molecular formula is C24H21F6N5O2. The SMILES string of the molecule is Cn1cnnc1C1(c2cccc(N3Cc4c(cc(CN)cc4C(F)(F)F)C3=O)c2)CC(OC(F)(F)F)C1. The first-order chi connectivity index (χ1) is 17.3. The van der Waals surface area contributed by atoms with Gasteiger partial charge in [-0.25, -0.2) is 0 Å². The van der Waals surface area contributed by atoms with Crippen molar-refractivity contribution in [1.29, 1.82) is 0 Å². The van der Waals surface area contributed by atoms with Crippen LogP contribution < -0.4 is 10.6 Å². The van der Waals surface area contributed by atoms with Gasteiger partial charge in [-0.15, -0.1) is 23.4 Å². The van der Waals surface area contributed by atoms with Crippen LogP contribution in [0.5, 0.6) is 0 Å². The van der Waals surface area contributed by atoms with Crippen molar-refractivity contribution in [2.45, 2.75) is 50.0 Å². The highest BCUT2D eigenvalue weighted by molar-refractivity contribution is 6.10. The van der Waals surface area contributed by atoms with E-state index in [1.807, 2.05) is 0 Å². The zero-order valence-corrected chi connectivity index (χ0v) is 19.4. The highest BCUT2D eigenvalue weighted by Crippen LogP contribution is 2.51. The van der Waals surface area contributed by atoms with Crippen molar-refractivity contribution in [2.24, 2.45) is 12.8 Å². The van der Waals surface area contributed by atoms with E-state index in [0.29, 0.717) is 17.1 Å². The Morgan fingerprint density at radius 3 is 2.46 bits per heavy atom. The standard InChI is InChI=1S/C24H21F6N5O2/c1-34-12-32-33-21(34)22(8-16(9-22)37-24(28,29)30)14-3-2-4-15(7-14)35-11-18-17(20(35)36)5-13(10-31)6-19(18)23(25,26)27/h2-7,12,16H,8-11,31H2,1H3. The molecule has 1 fully saturated rings. The van der Waals surface area contributed by atoms with Crippen molar-refractivity contribution in [3.8, 4) is 0 Å². The normalized spacial score (nSPS) is 21.8. The van der Waals surface area contributed by atoms with Gasteiger partial charge in [0.05, 0.1) is 23.6 Å². The van der Waals surface area contributed by atoms with Crippen LogP contribution in [-0.2, 0) is 36.5 Å². The zero-order valence-electron chi connectivity index (χ0n) is 19.4. The number of carbonyl (C=O) groups is 1. The molecular weight excluding hydrogens is 504 g/mol. The number of carbonyl (C=O) groups excluding carboxylic acids is 1. The van der Waals surface area contributed by atoms with Crippen LogP contribution in [0.25, 0.3) is 0 Å². The van der Waals surface area contributed by atoms with Crippen LogP contribution in [0.2, 0.25) is 0 Å². The molecule has 0 spiro atoms. The molecule has 196 valence electrons. The molecule has 3 aromatic rings. The maximum Gasteiger partial charge on any atom is 0.522 e. The number of anilines is 1. The van der Waals surface area contributed by atoms with Crippen molar-refractivity contribution in [3.63, 3.8) is 0 Å². The molecule has 0 atom stereocenters. The Morgan fingerprint density at radius 2 is 1.86 bits per heavy atom. The molecule has 0 unspecified atom stereocenters. The van der Waals surface area contributed by atoms with Gasteiger partial charge in [-0.3, -0.25) is 9.53 Å². The summed E-state index contributed by atoms with van der Waals surface area (Å²) in [4.78, 5) is 14.4. The predicted octanol–water partition coefficient (Wildman–Crippen LogP) is 4.44. The summed E-state index contributed by atoms with van der Waals surface area (Å²) in [6, 6.07) is 8.76. The Morgan fingerprint density at radius 1 is 1.14 bits per heavy atom. The van der Waals surface area contributed by atoms with E-state index in [0.717, 1.165) is 6.07 Å². The van der Waals surface area contributed by atoms with Crippen molar-refractivity contribution in [1.82, 2.24) is 14.8 Å². The summed E-state index contributed by atoms with van der Waals surface area (Å²) in [5.74, 6) is -0.206. The number of hydrogen-bond acceptors (Lipinski definition) is 5. The number of halogens is 6. The molecule has 2 heterocycles. The lowest BCUT2D eigenvalue weighted by Gasteiger charge is -2.46. The van der Waals surface area contributed by atoms with Gasteiger partial charge < -0.3 is 15.2 Å². The third-order valence-electron chi connectivity index (χ3n) is 6.94. The van der Waals surface area contributed by atoms with Crippen molar-refractivity contribution in [3.05, 3.63) is 76.4 Å². The molecule has 13 heteroatoms. The number of rotatable bonds is 5. The van der Waals surface area contributed by atoms with E-state index in [4.69, 9.17) is 5.73 Å². The average molecular weight is 525 g/mol. The van der Waals surface area contributed by atoms with Gasteiger partial charge in [-0.1, -0.05) is 12.1 Å². The molecule has 1 amide bonds. The lowest BCUT2D eigenvalue weighted by molar-refractivity contribution is -0.354. The lowest BCUT2D eigenvalue weighted by atomic mass is 9.62. The Labute approximate surface area is 206 Å². The van der Waals surface area contributed by atoms with Gasteiger partial charge in [0.15, 0.2) is 0 Å².